The zero-order valence-corrected chi connectivity index (χ0v) is 13.6. The fourth-order valence-corrected chi connectivity index (χ4v) is 2.26. The quantitative estimate of drug-likeness (QED) is 0.367. The fourth-order valence-electron chi connectivity index (χ4n) is 2.26. The molecular formula is C18H21NO4. The molecule has 0 aliphatic heterocycles. The molecule has 5 heteroatoms. The average Bonchev–Trinajstić information content (AvgIpc) is 2.55. The topological polar surface area (TPSA) is 60.3 Å². The number of ether oxygens (including phenoxy) is 3. The smallest absolute Gasteiger partial charge is 0.132 e. The second-order valence-electron chi connectivity index (χ2n) is 5.07. The molecule has 2 aromatic rings. The van der Waals surface area contributed by atoms with Crippen LogP contribution in [0, 0.1) is 13.8 Å². The minimum absolute atomic E-state index is 0.368. The van der Waals surface area contributed by atoms with Gasteiger partial charge in [-0.05, 0) is 37.1 Å². The molecular weight excluding hydrogens is 294 g/mol. The highest BCUT2D eigenvalue weighted by atomic mass is 16.5. The number of aryl methyl sites for hydroxylation is 2. The summed E-state index contributed by atoms with van der Waals surface area (Å²) >= 11 is 0. The summed E-state index contributed by atoms with van der Waals surface area (Å²) in [6.45, 7) is 4.81. The van der Waals surface area contributed by atoms with Crippen LogP contribution in [0.25, 0.3) is 0 Å². The van der Waals surface area contributed by atoms with Gasteiger partial charge in [-0.2, -0.15) is 0 Å². The van der Waals surface area contributed by atoms with Gasteiger partial charge in [0.25, 0.3) is 0 Å². The monoisotopic (exact) mass is 315 g/mol. The van der Waals surface area contributed by atoms with Crippen molar-refractivity contribution >= 4 is 6.21 Å². The van der Waals surface area contributed by atoms with E-state index in [9.17, 15) is 0 Å². The van der Waals surface area contributed by atoms with Crippen molar-refractivity contribution in [1.82, 2.24) is 0 Å². The molecule has 23 heavy (non-hydrogen) atoms. The van der Waals surface area contributed by atoms with Gasteiger partial charge in [0, 0.05) is 11.6 Å². The maximum atomic E-state index is 8.71. The highest BCUT2D eigenvalue weighted by Gasteiger charge is 2.06. The van der Waals surface area contributed by atoms with Crippen LogP contribution in [0.15, 0.2) is 41.6 Å². The van der Waals surface area contributed by atoms with Crippen molar-refractivity contribution < 1.29 is 19.4 Å². The van der Waals surface area contributed by atoms with Crippen molar-refractivity contribution in [2.24, 2.45) is 5.16 Å². The van der Waals surface area contributed by atoms with Crippen LogP contribution in [0.5, 0.6) is 17.2 Å². The van der Waals surface area contributed by atoms with Crippen LogP contribution in [0.2, 0.25) is 0 Å². The van der Waals surface area contributed by atoms with Gasteiger partial charge in [-0.25, -0.2) is 0 Å². The summed E-state index contributed by atoms with van der Waals surface area (Å²) in [4.78, 5) is 0. The summed E-state index contributed by atoms with van der Waals surface area (Å²) in [5, 5.41) is 11.8. The summed E-state index contributed by atoms with van der Waals surface area (Å²) in [6.07, 6.45) is 1.32. The van der Waals surface area contributed by atoms with Gasteiger partial charge in [-0.3, -0.25) is 0 Å². The second kappa shape index (κ2) is 8.08. The van der Waals surface area contributed by atoms with Gasteiger partial charge in [0.2, 0.25) is 0 Å². The second-order valence-corrected chi connectivity index (χ2v) is 5.07. The molecule has 0 amide bonds. The maximum absolute atomic E-state index is 8.71. The largest absolute Gasteiger partial charge is 0.497 e. The summed E-state index contributed by atoms with van der Waals surface area (Å²) in [6, 6.07) is 11.3. The third-order valence-electron chi connectivity index (χ3n) is 3.41. The van der Waals surface area contributed by atoms with Gasteiger partial charge in [0.15, 0.2) is 0 Å². The first-order valence-corrected chi connectivity index (χ1v) is 7.33. The van der Waals surface area contributed by atoms with E-state index in [0.717, 1.165) is 16.9 Å². The van der Waals surface area contributed by atoms with Gasteiger partial charge in [0.1, 0.15) is 30.5 Å². The number of hydrogen-bond acceptors (Lipinski definition) is 5. The highest BCUT2D eigenvalue weighted by molar-refractivity contribution is 5.83. The molecule has 5 nitrogen and oxygen atoms in total. The lowest BCUT2D eigenvalue weighted by atomic mass is 10.1. The molecule has 1 N–H and O–H groups in total. The van der Waals surface area contributed by atoms with Crippen molar-refractivity contribution in [3.05, 3.63) is 53.1 Å². The molecule has 0 spiro atoms. The number of benzene rings is 2. The van der Waals surface area contributed by atoms with E-state index in [2.05, 4.69) is 5.16 Å². The van der Waals surface area contributed by atoms with Crippen LogP contribution < -0.4 is 14.2 Å². The normalized spacial score (nSPS) is 10.7. The zero-order valence-electron chi connectivity index (χ0n) is 13.6. The summed E-state index contributed by atoms with van der Waals surface area (Å²) in [5.41, 5.74) is 2.86. The van der Waals surface area contributed by atoms with E-state index in [4.69, 9.17) is 19.4 Å². The van der Waals surface area contributed by atoms with Crippen LogP contribution in [-0.2, 0) is 0 Å². The Hall–Kier alpha value is -2.69. The van der Waals surface area contributed by atoms with E-state index in [1.165, 1.54) is 6.21 Å². The Balaban J connectivity index is 1.98. The van der Waals surface area contributed by atoms with E-state index >= 15 is 0 Å². The Labute approximate surface area is 136 Å². The molecule has 0 atom stereocenters. The van der Waals surface area contributed by atoms with Crippen molar-refractivity contribution in [2.45, 2.75) is 13.8 Å². The Bertz CT molecular complexity index is 662. The Kier molecular flexibility index (Phi) is 5.86. The third-order valence-corrected chi connectivity index (χ3v) is 3.41. The third kappa shape index (κ3) is 4.39. The number of oxime groups is 1. The molecule has 0 aliphatic carbocycles. The first-order valence-electron chi connectivity index (χ1n) is 7.33. The van der Waals surface area contributed by atoms with E-state index in [0.29, 0.717) is 30.3 Å². The summed E-state index contributed by atoms with van der Waals surface area (Å²) in [7, 11) is 1.59. The van der Waals surface area contributed by atoms with Crippen LogP contribution in [0.1, 0.15) is 16.7 Å². The lowest BCUT2D eigenvalue weighted by molar-refractivity contribution is 0.214. The summed E-state index contributed by atoms with van der Waals surface area (Å²) in [5.74, 6) is 2.14. The molecule has 0 unspecified atom stereocenters. The van der Waals surface area contributed by atoms with E-state index in [1.54, 1.807) is 25.3 Å². The summed E-state index contributed by atoms with van der Waals surface area (Å²) < 4.78 is 16.7. The molecule has 0 fully saturated rings. The van der Waals surface area contributed by atoms with Gasteiger partial charge in [0.05, 0.1) is 13.3 Å². The van der Waals surface area contributed by atoms with Gasteiger partial charge in [-0.15, -0.1) is 0 Å². The molecule has 0 bridgehead atoms. The van der Waals surface area contributed by atoms with Crippen LogP contribution in [0.3, 0.4) is 0 Å². The molecule has 0 heterocycles. The first kappa shape index (κ1) is 16.7. The lowest BCUT2D eigenvalue weighted by Crippen LogP contribution is -2.11. The van der Waals surface area contributed by atoms with E-state index in [-0.39, 0.29) is 0 Å². The van der Waals surface area contributed by atoms with Crippen molar-refractivity contribution in [2.75, 3.05) is 20.3 Å². The number of nitrogens with zero attached hydrogens (tertiary/aromatic N) is 1. The molecule has 2 rings (SSSR count). The van der Waals surface area contributed by atoms with Gasteiger partial charge >= 0.3 is 0 Å². The molecule has 122 valence electrons. The van der Waals surface area contributed by atoms with Crippen molar-refractivity contribution in [3.63, 3.8) is 0 Å². The number of hydrogen-bond donors (Lipinski definition) is 1. The minimum atomic E-state index is 0.368. The predicted molar refractivity (Wildman–Crippen MR) is 89.3 cm³/mol. The van der Waals surface area contributed by atoms with Crippen molar-refractivity contribution in [1.29, 1.82) is 0 Å². The first-order chi connectivity index (χ1) is 11.2. The van der Waals surface area contributed by atoms with Crippen molar-refractivity contribution in [3.8, 4) is 17.2 Å². The molecule has 0 saturated carbocycles. The van der Waals surface area contributed by atoms with E-state index < -0.39 is 0 Å². The van der Waals surface area contributed by atoms with Crippen LogP contribution >= 0.6 is 0 Å². The minimum Gasteiger partial charge on any atom is -0.497 e. The van der Waals surface area contributed by atoms with Crippen LogP contribution in [-0.4, -0.2) is 31.7 Å². The molecule has 2 aromatic carbocycles. The average molecular weight is 315 g/mol. The number of para-hydroxylation sites is 1. The SMILES string of the molecule is COc1ccc(/C=N/O)c(OCCOc2c(C)cccc2C)c1. The van der Waals surface area contributed by atoms with Gasteiger partial charge in [-0.1, -0.05) is 23.4 Å². The zero-order chi connectivity index (χ0) is 16.7. The molecule has 0 aliphatic rings. The fraction of sp³-hybridized carbons (Fsp3) is 0.278. The Morgan fingerprint density at radius 1 is 1.04 bits per heavy atom. The van der Waals surface area contributed by atoms with Crippen LogP contribution in [0.4, 0.5) is 0 Å². The Morgan fingerprint density at radius 2 is 1.74 bits per heavy atom. The molecule has 0 aromatic heterocycles. The number of methoxy groups -OCH3 is 1. The lowest BCUT2D eigenvalue weighted by Gasteiger charge is -2.14. The molecule has 0 radical (unpaired) electrons. The highest BCUT2D eigenvalue weighted by Crippen LogP contribution is 2.24. The Morgan fingerprint density at radius 3 is 2.39 bits per heavy atom. The standard InChI is InChI=1S/C18H21NO4/c1-13-5-4-6-14(2)18(13)23-10-9-22-17-11-16(21-3)8-7-15(17)12-19-20/h4-8,11-12,20H,9-10H2,1-3H3/b19-12+. The predicted octanol–water partition coefficient (Wildman–Crippen LogP) is 3.58. The van der Waals surface area contributed by atoms with Gasteiger partial charge < -0.3 is 19.4 Å². The van der Waals surface area contributed by atoms with E-state index in [1.807, 2.05) is 32.0 Å². The number of rotatable bonds is 7. The molecule has 0 saturated heterocycles. The maximum Gasteiger partial charge on any atom is 0.132 e.